The molecule has 9 heteroatoms. The molecule has 0 spiro atoms. The van der Waals surface area contributed by atoms with Crippen LogP contribution in [0.5, 0.6) is 0 Å². The molecule has 1 saturated heterocycles. The summed E-state index contributed by atoms with van der Waals surface area (Å²) in [6.07, 6.45) is 4.91. The van der Waals surface area contributed by atoms with Gasteiger partial charge in [-0.15, -0.1) is 11.8 Å². The Labute approximate surface area is 196 Å². The lowest BCUT2D eigenvalue weighted by Crippen LogP contribution is -2.43. The van der Waals surface area contributed by atoms with E-state index < -0.39 is 0 Å². The molecule has 5 rings (SSSR count). The quantitative estimate of drug-likeness (QED) is 0.578. The fourth-order valence-electron chi connectivity index (χ4n) is 4.59. The summed E-state index contributed by atoms with van der Waals surface area (Å²) in [5.41, 5.74) is 3.93. The summed E-state index contributed by atoms with van der Waals surface area (Å²) in [7, 11) is 1.82. The van der Waals surface area contributed by atoms with Crippen molar-refractivity contribution < 1.29 is 4.79 Å². The maximum Gasteiger partial charge on any atom is 0.250 e. The van der Waals surface area contributed by atoms with Gasteiger partial charge < -0.3 is 20.1 Å². The smallest absolute Gasteiger partial charge is 0.250 e. The molecule has 5 heterocycles. The maximum atomic E-state index is 12.1. The zero-order chi connectivity index (χ0) is 22.8. The number of pyridine rings is 3. The van der Waals surface area contributed by atoms with Gasteiger partial charge in [0.25, 0.3) is 5.56 Å². The molecular weight excluding hydrogens is 436 g/mol. The second kappa shape index (κ2) is 9.62. The Morgan fingerprint density at radius 3 is 2.85 bits per heavy atom. The van der Waals surface area contributed by atoms with Crippen LogP contribution in [0, 0.1) is 0 Å². The van der Waals surface area contributed by atoms with Gasteiger partial charge in [0.05, 0.1) is 27.4 Å². The molecule has 33 heavy (non-hydrogen) atoms. The molecule has 3 aromatic rings. The number of carbonyl (C=O) groups is 1. The summed E-state index contributed by atoms with van der Waals surface area (Å²) < 4.78 is 1.70. The van der Waals surface area contributed by atoms with Crippen molar-refractivity contribution in [2.75, 3.05) is 30.7 Å². The minimum absolute atomic E-state index is 0.00168. The Bertz CT molecular complexity index is 1240. The highest BCUT2D eigenvalue weighted by Gasteiger charge is 2.20. The standard InChI is InChI=1S/C24H28N6O2S/c1-29-22(32)5-3-19-23(29)16(6-10-25-19)7-11-30-12-8-17(9-13-30)26-14-18-2-4-20-24(27-18)28-21(31)15-33-20/h2-6,10,17,26H,7-9,11-15H2,1H3,(H,27,28,31). The van der Waals surface area contributed by atoms with E-state index in [1.165, 1.54) is 17.3 Å². The van der Waals surface area contributed by atoms with Crippen molar-refractivity contribution in [2.45, 2.75) is 36.7 Å². The highest BCUT2D eigenvalue weighted by Crippen LogP contribution is 2.29. The maximum absolute atomic E-state index is 12.1. The van der Waals surface area contributed by atoms with Gasteiger partial charge >= 0.3 is 0 Å². The van der Waals surface area contributed by atoms with Gasteiger partial charge in [-0.25, -0.2) is 4.98 Å². The first-order valence-electron chi connectivity index (χ1n) is 11.4. The van der Waals surface area contributed by atoms with Crippen LogP contribution in [0.15, 0.2) is 46.2 Å². The van der Waals surface area contributed by atoms with Crippen molar-refractivity contribution in [1.82, 2.24) is 24.8 Å². The molecule has 0 bridgehead atoms. The minimum atomic E-state index is -0.00168. The Balaban J connectivity index is 1.12. The summed E-state index contributed by atoms with van der Waals surface area (Å²) in [5.74, 6) is 1.16. The predicted octanol–water partition coefficient (Wildman–Crippen LogP) is 2.17. The van der Waals surface area contributed by atoms with Gasteiger partial charge in [-0.2, -0.15) is 0 Å². The summed E-state index contributed by atoms with van der Waals surface area (Å²) in [6.45, 7) is 3.77. The molecule has 0 unspecified atom stereocenters. The van der Waals surface area contributed by atoms with Crippen LogP contribution in [-0.4, -0.2) is 56.8 Å². The number of carbonyl (C=O) groups excluding carboxylic acids is 1. The Kier molecular flexibility index (Phi) is 6.43. The van der Waals surface area contributed by atoms with Crippen LogP contribution < -0.4 is 16.2 Å². The molecule has 0 saturated carbocycles. The topological polar surface area (TPSA) is 92.2 Å². The number of thioether (sulfide) groups is 1. The second-order valence-corrected chi connectivity index (χ2v) is 9.68. The number of piperidine rings is 1. The second-order valence-electron chi connectivity index (χ2n) is 8.67. The lowest BCUT2D eigenvalue weighted by Gasteiger charge is -2.32. The first kappa shape index (κ1) is 22.1. The number of amides is 1. The molecule has 0 radical (unpaired) electrons. The monoisotopic (exact) mass is 464 g/mol. The zero-order valence-electron chi connectivity index (χ0n) is 18.7. The third-order valence-electron chi connectivity index (χ3n) is 6.48. The Hall–Kier alpha value is -2.75. The van der Waals surface area contributed by atoms with E-state index in [9.17, 15) is 9.59 Å². The SMILES string of the molecule is Cn1c(=O)ccc2nccc(CCN3CCC(NCc4ccc5c(n4)NC(=O)CS5)CC3)c21. The van der Waals surface area contributed by atoms with Crippen molar-refractivity contribution in [3.8, 4) is 0 Å². The molecule has 8 nitrogen and oxygen atoms in total. The number of fused-ring (bicyclic) bond motifs is 2. The number of nitrogens with zero attached hydrogens (tertiary/aromatic N) is 4. The zero-order valence-corrected chi connectivity index (χ0v) is 19.5. The number of rotatable bonds is 6. The molecule has 2 aliphatic rings. The van der Waals surface area contributed by atoms with Gasteiger partial charge in [0.1, 0.15) is 5.82 Å². The molecule has 1 amide bonds. The van der Waals surface area contributed by atoms with Crippen LogP contribution >= 0.6 is 11.8 Å². The van der Waals surface area contributed by atoms with Crippen LogP contribution in [0.25, 0.3) is 11.0 Å². The van der Waals surface area contributed by atoms with Gasteiger partial charge in [-0.05, 0) is 62.2 Å². The molecule has 1 fully saturated rings. The van der Waals surface area contributed by atoms with Crippen LogP contribution in [-0.2, 0) is 24.8 Å². The third kappa shape index (κ3) is 4.95. The molecule has 0 atom stereocenters. The van der Waals surface area contributed by atoms with Crippen molar-refractivity contribution in [3.63, 3.8) is 0 Å². The number of likely N-dealkylation sites (tertiary alicyclic amines) is 1. The summed E-state index contributed by atoms with van der Waals surface area (Å²) in [5, 5.41) is 6.49. The number of hydrogen-bond acceptors (Lipinski definition) is 7. The Morgan fingerprint density at radius 1 is 1.15 bits per heavy atom. The fraction of sp³-hybridized carbons (Fsp3) is 0.417. The van der Waals surface area contributed by atoms with E-state index in [1.807, 2.05) is 37.5 Å². The van der Waals surface area contributed by atoms with Gasteiger partial charge in [0, 0.05) is 38.4 Å². The van der Waals surface area contributed by atoms with Gasteiger partial charge in [-0.3, -0.25) is 14.6 Å². The Morgan fingerprint density at radius 2 is 2.00 bits per heavy atom. The van der Waals surface area contributed by atoms with E-state index >= 15 is 0 Å². The molecule has 172 valence electrons. The van der Waals surface area contributed by atoms with Gasteiger partial charge in [0.2, 0.25) is 5.91 Å². The average molecular weight is 465 g/mol. The first-order chi connectivity index (χ1) is 16.1. The van der Waals surface area contributed by atoms with Crippen LogP contribution in [0.3, 0.4) is 0 Å². The van der Waals surface area contributed by atoms with Crippen molar-refractivity contribution >= 4 is 34.5 Å². The number of anilines is 1. The number of aromatic nitrogens is 3. The molecule has 2 N–H and O–H groups in total. The lowest BCUT2D eigenvalue weighted by molar-refractivity contribution is -0.113. The van der Waals surface area contributed by atoms with Gasteiger partial charge in [-0.1, -0.05) is 0 Å². The van der Waals surface area contributed by atoms with Crippen LogP contribution in [0.1, 0.15) is 24.1 Å². The third-order valence-corrected chi connectivity index (χ3v) is 7.52. The average Bonchev–Trinajstić information content (AvgIpc) is 2.84. The first-order valence-corrected chi connectivity index (χ1v) is 12.4. The number of hydrogen-bond donors (Lipinski definition) is 2. The van der Waals surface area contributed by atoms with Gasteiger partial charge in [0.15, 0.2) is 0 Å². The number of aryl methyl sites for hydroxylation is 1. The van der Waals surface area contributed by atoms with Crippen molar-refractivity contribution in [1.29, 1.82) is 0 Å². The molecule has 0 aromatic carbocycles. The summed E-state index contributed by atoms with van der Waals surface area (Å²) >= 11 is 1.54. The summed E-state index contributed by atoms with van der Waals surface area (Å²) in [4.78, 5) is 36.2. The lowest BCUT2D eigenvalue weighted by atomic mass is 10.0. The minimum Gasteiger partial charge on any atom is -0.310 e. The fourth-order valence-corrected chi connectivity index (χ4v) is 5.34. The molecule has 3 aromatic heterocycles. The van der Waals surface area contributed by atoms with Crippen molar-refractivity contribution in [2.24, 2.45) is 7.05 Å². The van der Waals surface area contributed by atoms with E-state index in [0.29, 0.717) is 24.2 Å². The molecular formula is C24H28N6O2S. The highest BCUT2D eigenvalue weighted by atomic mass is 32.2. The van der Waals surface area contributed by atoms with E-state index in [2.05, 4.69) is 25.5 Å². The predicted molar refractivity (Wildman–Crippen MR) is 131 cm³/mol. The largest absolute Gasteiger partial charge is 0.310 e. The van der Waals surface area contributed by atoms with Crippen molar-refractivity contribution in [3.05, 3.63) is 58.1 Å². The van der Waals surface area contributed by atoms with E-state index in [1.54, 1.807) is 10.6 Å². The van der Waals surface area contributed by atoms with E-state index in [4.69, 9.17) is 0 Å². The van der Waals surface area contributed by atoms with Crippen LogP contribution in [0.2, 0.25) is 0 Å². The summed E-state index contributed by atoms with van der Waals surface area (Å²) in [6, 6.07) is 9.96. The normalized spacial score (nSPS) is 17.2. The van der Waals surface area contributed by atoms with Crippen LogP contribution in [0.4, 0.5) is 5.82 Å². The molecule has 2 aliphatic heterocycles. The van der Waals surface area contributed by atoms with E-state index in [0.717, 1.165) is 60.5 Å². The highest BCUT2D eigenvalue weighted by molar-refractivity contribution is 8.00. The number of nitrogens with one attached hydrogen (secondary N) is 2. The van der Waals surface area contributed by atoms with E-state index in [-0.39, 0.29) is 11.5 Å². The molecule has 0 aliphatic carbocycles.